The molecule has 0 saturated carbocycles. The first-order valence-corrected chi connectivity index (χ1v) is 9.20. The summed E-state index contributed by atoms with van der Waals surface area (Å²) in [7, 11) is 1.69. The molecule has 0 spiro atoms. The van der Waals surface area contributed by atoms with Gasteiger partial charge in [0.05, 0.1) is 23.8 Å². The van der Waals surface area contributed by atoms with E-state index in [1.807, 2.05) is 13.8 Å². The summed E-state index contributed by atoms with van der Waals surface area (Å²) in [5.41, 5.74) is 4.63. The molecule has 7 nitrogen and oxygen atoms in total. The highest BCUT2D eigenvalue weighted by molar-refractivity contribution is 6.12. The molecule has 0 amide bonds. The lowest BCUT2D eigenvalue weighted by atomic mass is 10.0. The quantitative estimate of drug-likeness (QED) is 0.593. The number of anilines is 1. The molecule has 4 heterocycles. The van der Waals surface area contributed by atoms with Gasteiger partial charge in [0, 0.05) is 29.6 Å². The monoisotopic (exact) mass is 363 g/mol. The number of aromatic amines is 1. The lowest BCUT2D eigenvalue weighted by molar-refractivity contribution is 0.393. The molecule has 0 unspecified atom stereocenters. The van der Waals surface area contributed by atoms with Crippen molar-refractivity contribution in [1.82, 2.24) is 20.1 Å². The van der Waals surface area contributed by atoms with E-state index in [0.29, 0.717) is 0 Å². The van der Waals surface area contributed by atoms with Crippen molar-refractivity contribution in [2.75, 3.05) is 25.1 Å². The summed E-state index contributed by atoms with van der Waals surface area (Å²) in [5, 5.41) is 6.21. The van der Waals surface area contributed by atoms with E-state index < -0.39 is 0 Å². The normalized spacial score (nSPS) is 14.6. The first-order chi connectivity index (χ1) is 13.2. The Hall–Kier alpha value is -3.09. The molecule has 27 heavy (non-hydrogen) atoms. The van der Waals surface area contributed by atoms with Crippen LogP contribution < -0.4 is 9.64 Å². The fraction of sp³-hybridized carbons (Fsp3) is 0.350. The molecule has 4 aromatic rings. The SMILES string of the molecule is COc1cc2c(cc1-c1c(C)noc1C)[nH]c1ncnc(N3CCCC3)c12. The number of aromatic nitrogens is 4. The Balaban J connectivity index is 1.80. The number of nitrogens with one attached hydrogen (secondary N) is 1. The van der Waals surface area contributed by atoms with Gasteiger partial charge in [0.15, 0.2) is 0 Å². The second-order valence-corrected chi connectivity index (χ2v) is 7.04. The molecule has 1 fully saturated rings. The van der Waals surface area contributed by atoms with Gasteiger partial charge in [-0.2, -0.15) is 0 Å². The van der Waals surface area contributed by atoms with Crippen molar-refractivity contribution in [3.8, 4) is 16.9 Å². The van der Waals surface area contributed by atoms with Gasteiger partial charge < -0.3 is 19.1 Å². The number of aryl methyl sites for hydroxylation is 2. The summed E-state index contributed by atoms with van der Waals surface area (Å²) in [6, 6.07) is 4.16. The van der Waals surface area contributed by atoms with Crippen molar-refractivity contribution in [3.63, 3.8) is 0 Å². The van der Waals surface area contributed by atoms with Crippen molar-refractivity contribution < 1.29 is 9.26 Å². The highest BCUT2D eigenvalue weighted by atomic mass is 16.5. The highest BCUT2D eigenvalue weighted by Gasteiger charge is 2.22. The van der Waals surface area contributed by atoms with Crippen LogP contribution in [0.3, 0.4) is 0 Å². The predicted octanol–water partition coefficient (Wildman–Crippen LogP) is 3.99. The fourth-order valence-corrected chi connectivity index (χ4v) is 4.14. The zero-order valence-electron chi connectivity index (χ0n) is 15.7. The second kappa shape index (κ2) is 5.97. The van der Waals surface area contributed by atoms with E-state index in [-0.39, 0.29) is 0 Å². The van der Waals surface area contributed by atoms with E-state index in [4.69, 9.17) is 9.26 Å². The van der Waals surface area contributed by atoms with Gasteiger partial charge in [-0.15, -0.1) is 0 Å². The number of rotatable bonds is 3. The van der Waals surface area contributed by atoms with Gasteiger partial charge in [0.25, 0.3) is 0 Å². The number of hydrogen-bond donors (Lipinski definition) is 1. The molecule has 0 radical (unpaired) electrons. The highest BCUT2D eigenvalue weighted by Crippen LogP contribution is 2.41. The van der Waals surface area contributed by atoms with Crippen LogP contribution in [0.4, 0.5) is 5.82 Å². The molecule has 7 heteroatoms. The Bertz CT molecular complexity index is 1130. The standard InChI is InChI=1S/C20H21N5O2/c1-11-17(12(2)27-24-11)14-8-15-13(9-16(14)26-3)18-19(23-15)21-10-22-20(18)25-6-4-5-7-25/h8-10H,4-7H2,1-3H3,(H,21,22,23). The van der Waals surface area contributed by atoms with E-state index in [9.17, 15) is 0 Å². The predicted molar refractivity (Wildman–Crippen MR) is 104 cm³/mol. The van der Waals surface area contributed by atoms with Crippen molar-refractivity contribution in [3.05, 3.63) is 29.9 Å². The first-order valence-electron chi connectivity index (χ1n) is 9.20. The Kier molecular flexibility index (Phi) is 3.56. The summed E-state index contributed by atoms with van der Waals surface area (Å²) in [6.07, 6.45) is 4.04. The molecule has 3 aromatic heterocycles. The molecular weight excluding hydrogens is 342 g/mol. The van der Waals surface area contributed by atoms with Crippen LogP contribution in [0.25, 0.3) is 33.1 Å². The van der Waals surface area contributed by atoms with Gasteiger partial charge in [0.2, 0.25) is 0 Å². The summed E-state index contributed by atoms with van der Waals surface area (Å²) in [6.45, 7) is 5.93. The molecule has 1 aromatic carbocycles. The van der Waals surface area contributed by atoms with Crippen molar-refractivity contribution in [1.29, 1.82) is 0 Å². The van der Waals surface area contributed by atoms with Gasteiger partial charge in [-0.3, -0.25) is 0 Å². The molecule has 138 valence electrons. The largest absolute Gasteiger partial charge is 0.496 e. The van der Waals surface area contributed by atoms with Crippen LogP contribution in [0.5, 0.6) is 5.75 Å². The third-order valence-corrected chi connectivity index (χ3v) is 5.40. The summed E-state index contributed by atoms with van der Waals surface area (Å²) in [5.74, 6) is 2.56. The molecule has 5 rings (SSSR count). The Morgan fingerprint density at radius 3 is 2.67 bits per heavy atom. The smallest absolute Gasteiger partial charge is 0.143 e. The maximum atomic E-state index is 5.73. The Morgan fingerprint density at radius 2 is 1.96 bits per heavy atom. The topological polar surface area (TPSA) is 80.1 Å². The van der Waals surface area contributed by atoms with Gasteiger partial charge >= 0.3 is 0 Å². The number of ether oxygens (including phenoxy) is 1. The van der Waals surface area contributed by atoms with E-state index in [2.05, 4.69) is 37.1 Å². The number of methoxy groups -OCH3 is 1. The van der Waals surface area contributed by atoms with E-state index >= 15 is 0 Å². The van der Waals surface area contributed by atoms with Crippen LogP contribution in [-0.4, -0.2) is 40.3 Å². The number of H-pyrrole nitrogens is 1. The second-order valence-electron chi connectivity index (χ2n) is 7.04. The van der Waals surface area contributed by atoms with E-state index in [0.717, 1.165) is 69.2 Å². The third kappa shape index (κ3) is 2.38. The van der Waals surface area contributed by atoms with Crippen LogP contribution in [0.2, 0.25) is 0 Å². The molecule has 0 aliphatic carbocycles. The molecule has 1 aliphatic rings. The van der Waals surface area contributed by atoms with Crippen molar-refractivity contribution in [2.45, 2.75) is 26.7 Å². The van der Waals surface area contributed by atoms with Crippen molar-refractivity contribution in [2.24, 2.45) is 0 Å². The average Bonchev–Trinajstić information content (AvgIpc) is 3.39. The molecule has 0 bridgehead atoms. The maximum Gasteiger partial charge on any atom is 0.143 e. The number of hydrogen-bond acceptors (Lipinski definition) is 6. The average molecular weight is 363 g/mol. The molecule has 1 aliphatic heterocycles. The minimum absolute atomic E-state index is 0.777. The van der Waals surface area contributed by atoms with Gasteiger partial charge in [-0.1, -0.05) is 5.16 Å². The zero-order valence-corrected chi connectivity index (χ0v) is 15.7. The number of benzene rings is 1. The Morgan fingerprint density at radius 1 is 1.15 bits per heavy atom. The summed E-state index contributed by atoms with van der Waals surface area (Å²) >= 11 is 0. The summed E-state index contributed by atoms with van der Waals surface area (Å²) in [4.78, 5) is 14.9. The maximum absolute atomic E-state index is 5.73. The minimum atomic E-state index is 0.777. The third-order valence-electron chi connectivity index (χ3n) is 5.40. The lowest BCUT2D eigenvalue weighted by Gasteiger charge is -2.17. The van der Waals surface area contributed by atoms with Crippen LogP contribution in [0.1, 0.15) is 24.3 Å². The van der Waals surface area contributed by atoms with Gasteiger partial charge in [-0.05, 0) is 38.8 Å². The lowest BCUT2D eigenvalue weighted by Crippen LogP contribution is -2.19. The van der Waals surface area contributed by atoms with Gasteiger partial charge in [-0.25, -0.2) is 9.97 Å². The van der Waals surface area contributed by atoms with E-state index in [1.54, 1.807) is 13.4 Å². The van der Waals surface area contributed by atoms with Crippen LogP contribution >= 0.6 is 0 Å². The minimum Gasteiger partial charge on any atom is -0.496 e. The van der Waals surface area contributed by atoms with E-state index in [1.165, 1.54) is 12.8 Å². The van der Waals surface area contributed by atoms with Crippen molar-refractivity contribution >= 4 is 27.8 Å². The molecule has 1 saturated heterocycles. The van der Waals surface area contributed by atoms with Crippen LogP contribution in [0, 0.1) is 13.8 Å². The fourth-order valence-electron chi connectivity index (χ4n) is 4.14. The first kappa shape index (κ1) is 16.1. The molecule has 1 N–H and O–H groups in total. The molecule has 0 atom stereocenters. The molecular formula is C20H21N5O2. The number of nitrogens with zero attached hydrogens (tertiary/aromatic N) is 4. The summed E-state index contributed by atoms with van der Waals surface area (Å²) < 4.78 is 11.1. The Labute approximate surface area is 156 Å². The van der Waals surface area contributed by atoms with Gasteiger partial charge in [0.1, 0.15) is 29.3 Å². The van der Waals surface area contributed by atoms with Crippen LogP contribution in [0.15, 0.2) is 23.0 Å². The number of fused-ring (bicyclic) bond motifs is 3. The zero-order chi connectivity index (χ0) is 18.5. The van der Waals surface area contributed by atoms with Crippen LogP contribution in [-0.2, 0) is 0 Å².